The van der Waals surface area contributed by atoms with E-state index in [1.165, 1.54) is 23.8 Å². The van der Waals surface area contributed by atoms with Gasteiger partial charge in [0.05, 0.1) is 7.11 Å². The first-order valence-corrected chi connectivity index (χ1v) is 7.10. The number of benzene rings is 2. The van der Waals surface area contributed by atoms with Crippen molar-refractivity contribution in [3.63, 3.8) is 0 Å². The molecule has 0 saturated heterocycles. The molecule has 21 heavy (non-hydrogen) atoms. The number of ether oxygens (including phenoxy) is 1. The van der Waals surface area contributed by atoms with Gasteiger partial charge in [0.25, 0.3) is 0 Å². The fourth-order valence-corrected chi connectivity index (χ4v) is 2.29. The number of allylic oxidation sites excluding steroid dienone is 1. The highest BCUT2D eigenvalue weighted by Crippen LogP contribution is 2.24. The first kappa shape index (κ1) is 15.0. The molecule has 0 saturated carbocycles. The Morgan fingerprint density at radius 2 is 1.81 bits per heavy atom. The quantitative estimate of drug-likeness (QED) is 0.603. The van der Waals surface area contributed by atoms with Crippen molar-refractivity contribution in [3.8, 4) is 11.1 Å². The fraction of sp³-hybridized carbons (Fsp3) is 0.211. The van der Waals surface area contributed by atoms with Crippen LogP contribution in [0.2, 0.25) is 0 Å². The summed E-state index contributed by atoms with van der Waals surface area (Å²) in [5.41, 5.74) is 5.67. The number of esters is 1. The molecule has 0 aliphatic rings. The highest BCUT2D eigenvalue weighted by Gasteiger charge is 2.04. The summed E-state index contributed by atoms with van der Waals surface area (Å²) in [5.74, 6) is -0.311. The second-order valence-corrected chi connectivity index (χ2v) is 4.99. The summed E-state index contributed by atoms with van der Waals surface area (Å²) in [5, 5.41) is 0. The van der Waals surface area contributed by atoms with Gasteiger partial charge in [-0.1, -0.05) is 61.0 Å². The summed E-state index contributed by atoms with van der Waals surface area (Å²) in [6, 6.07) is 16.7. The molecule has 0 atom stereocenters. The Morgan fingerprint density at radius 3 is 2.38 bits per heavy atom. The SMILES string of the molecule is CC/C(=C\C(=O)OC)c1ccc(-c2cccc(C)c2)cc1. The topological polar surface area (TPSA) is 26.3 Å². The van der Waals surface area contributed by atoms with E-state index in [0.717, 1.165) is 17.6 Å². The van der Waals surface area contributed by atoms with E-state index in [1.54, 1.807) is 6.08 Å². The minimum Gasteiger partial charge on any atom is -0.466 e. The third-order valence-electron chi connectivity index (χ3n) is 3.48. The van der Waals surface area contributed by atoms with Gasteiger partial charge in [-0.05, 0) is 35.6 Å². The summed E-state index contributed by atoms with van der Waals surface area (Å²) in [6.07, 6.45) is 2.35. The number of carbonyl (C=O) groups excluding carboxylic acids is 1. The molecule has 2 heteroatoms. The standard InChI is InChI=1S/C19H20O2/c1-4-15(13-19(20)21-3)16-8-10-17(11-9-16)18-7-5-6-14(2)12-18/h5-13H,4H2,1-3H3/b15-13+. The summed E-state index contributed by atoms with van der Waals surface area (Å²) >= 11 is 0. The zero-order valence-corrected chi connectivity index (χ0v) is 12.7. The van der Waals surface area contributed by atoms with Crippen LogP contribution in [-0.4, -0.2) is 13.1 Å². The van der Waals surface area contributed by atoms with E-state index in [9.17, 15) is 4.79 Å². The van der Waals surface area contributed by atoms with E-state index in [-0.39, 0.29) is 5.97 Å². The number of hydrogen-bond donors (Lipinski definition) is 0. The smallest absolute Gasteiger partial charge is 0.330 e. The molecule has 0 spiro atoms. The average Bonchev–Trinajstić information content (AvgIpc) is 2.52. The van der Waals surface area contributed by atoms with Gasteiger partial charge in [0.1, 0.15) is 0 Å². The minimum absolute atomic E-state index is 0.311. The molecule has 0 unspecified atom stereocenters. The second kappa shape index (κ2) is 6.89. The van der Waals surface area contributed by atoms with Crippen molar-refractivity contribution in [1.82, 2.24) is 0 Å². The first-order valence-electron chi connectivity index (χ1n) is 7.10. The van der Waals surface area contributed by atoms with Crippen molar-refractivity contribution in [2.45, 2.75) is 20.3 Å². The largest absolute Gasteiger partial charge is 0.466 e. The molecule has 0 aromatic heterocycles. The lowest BCUT2D eigenvalue weighted by Crippen LogP contribution is -1.96. The van der Waals surface area contributed by atoms with Crippen molar-refractivity contribution < 1.29 is 9.53 Å². The van der Waals surface area contributed by atoms with Gasteiger partial charge >= 0.3 is 5.97 Å². The van der Waals surface area contributed by atoms with Crippen LogP contribution in [0.3, 0.4) is 0 Å². The third kappa shape index (κ3) is 3.82. The third-order valence-corrected chi connectivity index (χ3v) is 3.48. The van der Waals surface area contributed by atoms with Gasteiger partial charge in [-0.25, -0.2) is 4.79 Å². The number of hydrogen-bond acceptors (Lipinski definition) is 2. The van der Waals surface area contributed by atoms with Crippen LogP contribution in [-0.2, 0) is 9.53 Å². The van der Waals surface area contributed by atoms with Crippen LogP contribution < -0.4 is 0 Å². The van der Waals surface area contributed by atoms with Crippen LogP contribution in [0.25, 0.3) is 16.7 Å². The maximum absolute atomic E-state index is 11.4. The van der Waals surface area contributed by atoms with Gasteiger partial charge in [-0.2, -0.15) is 0 Å². The predicted molar refractivity (Wildman–Crippen MR) is 86.9 cm³/mol. The van der Waals surface area contributed by atoms with Crippen LogP contribution in [0.15, 0.2) is 54.6 Å². The maximum Gasteiger partial charge on any atom is 0.330 e. The van der Waals surface area contributed by atoms with Crippen molar-refractivity contribution in [1.29, 1.82) is 0 Å². The molecule has 2 rings (SSSR count). The summed E-state index contributed by atoms with van der Waals surface area (Å²) in [6.45, 7) is 4.12. The zero-order valence-electron chi connectivity index (χ0n) is 12.7. The first-order chi connectivity index (χ1) is 10.1. The lowest BCUT2D eigenvalue weighted by molar-refractivity contribution is -0.134. The number of rotatable bonds is 4. The van der Waals surface area contributed by atoms with E-state index in [0.29, 0.717) is 0 Å². The highest BCUT2D eigenvalue weighted by atomic mass is 16.5. The van der Waals surface area contributed by atoms with Crippen LogP contribution in [0.1, 0.15) is 24.5 Å². The molecule has 2 aromatic carbocycles. The second-order valence-electron chi connectivity index (χ2n) is 4.99. The summed E-state index contributed by atoms with van der Waals surface area (Å²) < 4.78 is 4.69. The number of carbonyl (C=O) groups is 1. The number of aryl methyl sites for hydroxylation is 1. The van der Waals surface area contributed by atoms with Gasteiger partial charge in [-0.3, -0.25) is 0 Å². The summed E-state index contributed by atoms with van der Waals surface area (Å²) in [7, 11) is 1.40. The van der Waals surface area contributed by atoms with Gasteiger partial charge < -0.3 is 4.74 Å². The van der Waals surface area contributed by atoms with Crippen LogP contribution in [0.5, 0.6) is 0 Å². The Bertz CT molecular complexity index is 652. The van der Waals surface area contributed by atoms with Crippen molar-refractivity contribution in [2.24, 2.45) is 0 Å². The molecule has 0 amide bonds. The molecule has 0 N–H and O–H groups in total. The van der Waals surface area contributed by atoms with Gasteiger partial charge in [-0.15, -0.1) is 0 Å². The molecule has 0 aliphatic carbocycles. The van der Waals surface area contributed by atoms with Gasteiger partial charge in [0.15, 0.2) is 0 Å². The van der Waals surface area contributed by atoms with Gasteiger partial charge in [0, 0.05) is 6.08 Å². The van der Waals surface area contributed by atoms with Crippen molar-refractivity contribution in [2.75, 3.05) is 7.11 Å². The van der Waals surface area contributed by atoms with E-state index in [4.69, 9.17) is 4.74 Å². The van der Waals surface area contributed by atoms with E-state index >= 15 is 0 Å². The molecular weight excluding hydrogens is 260 g/mol. The Morgan fingerprint density at radius 1 is 1.10 bits per heavy atom. The monoisotopic (exact) mass is 280 g/mol. The Labute approximate surface area is 126 Å². The molecule has 108 valence electrons. The lowest BCUT2D eigenvalue weighted by atomic mass is 9.98. The van der Waals surface area contributed by atoms with E-state index in [2.05, 4.69) is 55.5 Å². The van der Waals surface area contributed by atoms with Crippen LogP contribution in [0.4, 0.5) is 0 Å². The fourth-order valence-electron chi connectivity index (χ4n) is 2.29. The normalized spacial score (nSPS) is 11.3. The molecule has 0 bridgehead atoms. The molecule has 2 aromatic rings. The van der Waals surface area contributed by atoms with Crippen LogP contribution in [0, 0.1) is 6.92 Å². The van der Waals surface area contributed by atoms with E-state index < -0.39 is 0 Å². The lowest BCUT2D eigenvalue weighted by Gasteiger charge is -2.07. The zero-order chi connectivity index (χ0) is 15.2. The molecule has 2 nitrogen and oxygen atoms in total. The Kier molecular flexibility index (Phi) is 4.94. The van der Waals surface area contributed by atoms with Gasteiger partial charge in [0.2, 0.25) is 0 Å². The highest BCUT2D eigenvalue weighted by molar-refractivity contribution is 5.91. The maximum atomic E-state index is 11.4. The molecule has 0 heterocycles. The molecule has 0 aliphatic heterocycles. The van der Waals surface area contributed by atoms with Crippen LogP contribution >= 0.6 is 0 Å². The van der Waals surface area contributed by atoms with Crippen molar-refractivity contribution in [3.05, 3.63) is 65.7 Å². The average molecular weight is 280 g/mol. The number of methoxy groups -OCH3 is 1. The van der Waals surface area contributed by atoms with E-state index in [1.807, 2.05) is 6.92 Å². The molecular formula is C19H20O2. The Hall–Kier alpha value is -2.35. The predicted octanol–water partition coefficient (Wildman–Crippen LogP) is 4.63. The molecule has 0 radical (unpaired) electrons. The Balaban J connectivity index is 2.30. The minimum atomic E-state index is -0.311. The van der Waals surface area contributed by atoms with Crippen molar-refractivity contribution >= 4 is 11.5 Å². The molecule has 0 fully saturated rings. The summed E-state index contributed by atoms with van der Waals surface area (Å²) in [4.78, 5) is 11.4.